The van der Waals surface area contributed by atoms with Crippen LogP contribution in [0.5, 0.6) is 0 Å². The first-order chi connectivity index (χ1) is 10.2. The van der Waals surface area contributed by atoms with Crippen molar-refractivity contribution in [3.8, 4) is 0 Å². The van der Waals surface area contributed by atoms with Crippen LogP contribution in [0.1, 0.15) is 32.3 Å². The van der Waals surface area contributed by atoms with Gasteiger partial charge in [0.15, 0.2) is 0 Å². The number of alkyl carbamates (subject to hydrolysis) is 1. The van der Waals surface area contributed by atoms with Crippen LogP contribution in [0.3, 0.4) is 0 Å². The molecule has 1 aromatic carbocycles. The van der Waals surface area contributed by atoms with Crippen molar-refractivity contribution < 1.29 is 19.1 Å². The molecule has 0 fully saturated rings. The Labute approximate surface area is 124 Å². The number of amides is 2. The molecule has 0 atom stereocenters. The number of amidine groups is 1. The Morgan fingerprint density at radius 1 is 1.14 bits per heavy atom. The fourth-order valence-corrected chi connectivity index (χ4v) is 1.35. The summed E-state index contributed by atoms with van der Waals surface area (Å²) >= 11 is 0. The van der Waals surface area contributed by atoms with E-state index in [1.807, 2.05) is 13.8 Å². The Bertz CT molecular complexity index is 486. The lowest BCUT2D eigenvalue weighted by Gasteiger charge is -2.09. The summed E-state index contributed by atoms with van der Waals surface area (Å²) in [5.74, 6) is 0.0891. The molecule has 6 nitrogen and oxygen atoms in total. The third-order valence-corrected chi connectivity index (χ3v) is 2.28. The van der Waals surface area contributed by atoms with E-state index in [2.05, 4.69) is 16.4 Å². The van der Waals surface area contributed by atoms with E-state index in [0.29, 0.717) is 25.0 Å². The van der Waals surface area contributed by atoms with Crippen molar-refractivity contribution in [2.75, 3.05) is 13.2 Å². The van der Waals surface area contributed by atoms with E-state index >= 15 is 0 Å². The van der Waals surface area contributed by atoms with Gasteiger partial charge in [-0.3, -0.25) is 5.32 Å². The summed E-state index contributed by atoms with van der Waals surface area (Å²) < 4.78 is 9.79. The second-order valence-electron chi connectivity index (χ2n) is 4.12. The summed E-state index contributed by atoms with van der Waals surface area (Å²) in [7, 11) is 0. The molecule has 0 aliphatic carbocycles. The van der Waals surface area contributed by atoms with Crippen LogP contribution in [0.4, 0.5) is 9.59 Å². The predicted molar refractivity (Wildman–Crippen MR) is 78.2 cm³/mol. The zero-order chi connectivity index (χ0) is 15.5. The van der Waals surface area contributed by atoms with E-state index in [4.69, 9.17) is 9.47 Å². The highest BCUT2D eigenvalue weighted by Gasteiger charge is 2.12. The fraction of sp³-hybridized carbons (Fsp3) is 0.400. The van der Waals surface area contributed by atoms with Crippen molar-refractivity contribution in [3.63, 3.8) is 0 Å². The van der Waals surface area contributed by atoms with E-state index < -0.39 is 12.2 Å². The number of aliphatic imine (C=N–C) groups is 1. The second-order valence-corrected chi connectivity index (χ2v) is 4.12. The highest BCUT2D eigenvalue weighted by atomic mass is 16.6. The van der Waals surface area contributed by atoms with E-state index in [1.54, 1.807) is 24.3 Å². The molecule has 0 saturated carbocycles. The first-order valence-corrected chi connectivity index (χ1v) is 6.83. The molecule has 1 radical (unpaired) electrons. The van der Waals surface area contributed by atoms with E-state index in [9.17, 15) is 9.59 Å². The smallest absolute Gasteiger partial charge is 0.435 e. The molecule has 1 aromatic rings. The van der Waals surface area contributed by atoms with E-state index in [0.717, 1.165) is 0 Å². The number of nitrogens with one attached hydrogen (secondary N) is 1. The Hall–Kier alpha value is -2.37. The number of carbonyl (C=O) groups excluding carboxylic acids is 2. The van der Waals surface area contributed by atoms with Crippen molar-refractivity contribution >= 4 is 18.0 Å². The number of ether oxygens (including phenoxy) is 2. The summed E-state index contributed by atoms with van der Waals surface area (Å²) in [6.45, 7) is 4.34. The Morgan fingerprint density at radius 3 is 2.38 bits per heavy atom. The summed E-state index contributed by atoms with van der Waals surface area (Å²) in [5, 5.41) is 2.45. The normalized spacial score (nSPS) is 10.9. The lowest BCUT2D eigenvalue weighted by atomic mass is 10.2. The summed E-state index contributed by atoms with van der Waals surface area (Å²) in [6, 6.07) is 9.50. The van der Waals surface area contributed by atoms with Gasteiger partial charge >= 0.3 is 12.2 Å². The van der Waals surface area contributed by atoms with Crippen LogP contribution < -0.4 is 5.32 Å². The molecule has 0 aliphatic rings. The quantitative estimate of drug-likeness (QED) is 0.668. The first-order valence-electron chi connectivity index (χ1n) is 6.83. The monoisotopic (exact) mass is 291 g/mol. The van der Waals surface area contributed by atoms with Gasteiger partial charge in [-0.2, -0.15) is 4.99 Å². The van der Waals surface area contributed by atoms with Crippen LogP contribution in [0, 0.1) is 6.07 Å². The van der Waals surface area contributed by atoms with E-state index in [-0.39, 0.29) is 12.4 Å². The Balaban J connectivity index is 2.82. The maximum atomic E-state index is 11.6. The number of nitrogens with zero attached hydrogens (tertiary/aromatic N) is 1. The maximum absolute atomic E-state index is 11.6. The minimum absolute atomic E-state index is 0.0891. The van der Waals surface area contributed by atoms with Crippen LogP contribution in [-0.4, -0.2) is 31.2 Å². The minimum atomic E-state index is -0.754. The zero-order valence-corrected chi connectivity index (χ0v) is 12.2. The van der Waals surface area contributed by atoms with Gasteiger partial charge in [-0.15, -0.1) is 0 Å². The summed E-state index contributed by atoms with van der Waals surface area (Å²) in [6.07, 6.45) is -0.0103. The molecule has 0 aliphatic heterocycles. The molecule has 0 aromatic heterocycles. The Morgan fingerprint density at radius 2 is 1.76 bits per heavy atom. The first kappa shape index (κ1) is 16.7. The van der Waals surface area contributed by atoms with E-state index in [1.165, 1.54) is 0 Å². The molecular formula is C15H19N2O4. The maximum Gasteiger partial charge on any atom is 0.435 e. The van der Waals surface area contributed by atoms with Crippen molar-refractivity contribution in [3.05, 3.63) is 35.9 Å². The van der Waals surface area contributed by atoms with Crippen LogP contribution in [-0.2, 0) is 9.47 Å². The molecule has 0 spiro atoms. The van der Waals surface area contributed by atoms with Gasteiger partial charge in [0.25, 0.3) is 0 Å². The van der Waals surface area contributed by atoms with Gasteiger partial charge in [0, 0.05) is 5.56 Å². The van der Waals surface area contributed by atoms with Crippen molar-refractivity contribution in [2.24, 2.45) is 4.99 Å². The molecule has 1 N–H and O–H groups in total. The van der Waals surface area contributed by atoms with Gasteiger partial charge in [-0.05, 0) is 18.9 Å². The number of benzene rings is 1. The van der Waals surface area contributed by atoms with Gasteiger partial charge in [0.2, 0.25) is 0 Å². The number of hydrogen-bond acceptors (Lipinski definition) is 4. The van der Waals surface area contributed by atoms with Crippen molar-refractivity contribution in [2.45, 2.75) is 26.7 Å². The SMILES string of the molecule is CCCOC(=O)/N=C(/NC(=O)OCCC)c1cc[c]cc1. The summed E-state index contributed by atoms with van der Waals surface area (Å²) in [5.41, 5.74) is 0.565. The van der Waals surface area contributed by atoms with Gasteiger partial charge in [0.1, 0.15) is 5.84 Å². The van der Waals surface area contributed by atoms with Crippen molar-refractivity contribution in [1.82, 2.24) is 5.32 Å². The number of carbonyl (C=O) groups is 2. The largest absolute Gasteiger partial charge is 0.449 e. The third kappa shape index (κ3) is 6.56. The molecule has 21 heavy (non-hydrogen) atoms. The van der Waals surface area contributed by atoms with Crippen LogP contribution in [0.2, 0.25) is 0 Å². The topological polar surface area (TPSA) is 77.0 Å². The van der Waals surface area contributed by atoms with Crippen LogP contribution in [0.15, 0.2) is 29.3 Å². The molecule has 6 heteroatoms. The fourth-order valence-electron chi connectivity index (χ4n) is 1.35. The minimum Gasteiger partial charge on any atom is -0.449 e. The second kappa shape index (κ2) is 9.52. The standard InChI is InChI=1S/C15H19N2O4/c1-3-10-20-14(18)16-13(12-8-6-5-7-9-12)17-15(19)21-11-4-2/h6-9H,3-4,10-11H2,1-2H3,(H,16,17,18,19). The van der Waals surface area contributed by atoms with Crippen LogP contribution >= 0.6 is 0 Å². The molecule has 0 saturated heterocycles. The van der Waals surface area contributed by atoms with Gasteiger partial charge in [0.05, 0.1) is 13.2 Å². The zero-order valence-electron chi connectivity index (χ0n) is 12.2. The molecule has 1 rings (SSSR count). The molecule has 0 bridgehead atoms. The van der Waals surface area contributed by atoms with Crippen molar-refractivity contribution in [1.29, 1.82) is 0 Å². The highest BCUT2D eigenvalue weighted by Crippen LogP contribution is 2.01. The number of rotatable bonds is 5. The predicted octanol–water partition coefficient (Wildman–Crippen LogP) is 2.92. The third-order valence-electron chi connectivity index (χ3n) is 2.28. The molecular weight excluding hydrogens is 272 g/mol. The molecule has 0 unspecified atom stereocenters. The lowest BCUT2D eigenvalue weighted by molar-refractivity contribution is 0.151. The van der Waals surface area contributed by atoms with Gasteiger partial charge in [-0.25, -0.2) is 9.59 Å². The Kier molecular flexibility index (Phi) is 7.56. The van der Waals surface area contributed by atoms with Gasteiger partial charge in [-0.1, -0.05) is 38.1 Å². The number of hydrogen-bond donors (Lipinski definition) is 1. The highest BCUT2D eigenvalue weighted by molar-refractivity contribution is 6.09. The van der Waals surface area contributed by atoms with Gasteiger partial charge < -0.3 is 9.47 Å². The summed E-state index contributed by atoms with van der Waals surface area (Å²) in [4.78, 5) is 26.9. The average molecular weight is 291 g/mol. The lowest BCUT2D eigenvalue weighted by Crippen LogP contribution is -2.32. The van der Waals surface area contributed by atoms with Crippen LogP contribution in [0.25, 0.3) is 0 Å². The molecule has 113 valence electrons. The molecule has 2 amide bonds. The molecule has 0 heterocycles. The average Bonchev–Trinajstić information content (AvgIpc) is 2.51.